The van der Waals surface area contributed by atoms with Crippen molar-refractivity contribution in [1.82, 2.24) is 0 Å². The van der Waals surface area contributed by atoms with Crippen LogP contribution < -0.4 is 0 Å². The van der Waals surface area contributed by atoms with Gasteiger partial charge in [-0.05, 0) is 24.5 Å². The number of carbonyl (C=O) groups is 1. The summed E-state index contributed by atoms with van der Waals surface area (Å²) in [6, 6.07) is 4.03. The number of thioether (sulfide) groups is 1. The van der Waals surface area contributed by atoms with Crippen LogP contribution in [0.3, 0.4) is 0 Å². The molecule has 0 heterocycles. The molecule has 0 amide bonds. The highest BCUT2D eigenvalue weighted by Crippen LogP contribution is 2.44. The summed E-state index contributed by atoms with van der Waals surface area (Å²) in [5, 5.41) is 0. The third kappa shape index (κ3) is 1.69. The second-order valence-electron chi connectivity index (χ2n) is 4.17. The Morgan fingerprint density at radius 2 is 1.47 bits per heavy atom. The highest BCUT2D eigenvalue weighted by molar-refractivity contribution is 7.98. The van der Waals surface area contributed by atoms with Gasteiger partial charge >= 0.3 is 0 Å². The Morgan fingerprint density at radius 1 is 0.895 bits per heavy atom. The molecule has 0 N–H and O–H groups in total. The summed E-state index contributed by atoms with van der Waals surface area (Å²) in [6.45, 7) is 0. The minimum absolute atomic E-state index is 0.0478. The second kappa shape index (κ2) is 4.13. The molecule has 0 bridgehead atoms. The lowest BCUT2D eigenvalue weighted by molar-refractivity contribution is 0.104. The first-order valence-corrected chi connectivity index (χ1v) is 6.67. The molecular weight excluding hydrogens is 273 g/mol. The number of hydrogen-bond donors (Lipinski definition) is 0. The Morgan fingerprint density at radius 3 is 2.11 bits per heavy atom. The molecule has 2 aromatic rings. The van der Waals surface area contributed by atoms with Gasteiger partial charge in [-0.1, -0.05) is 0 Å². The number of benzene rings is 2. The zero-order valence-corrected chi connectivity index (χ0v) is 10.6. The fourth-order valence-electron chi connectivity index (χ4n) is 2.33. The molecule has 0 radical (unpaired) electrons. The van der Waals surface area contributed by atoms with Crippen molar-refractivity contribution >= 4 is 17.5 Å². The first kappa shape index (κ1) is 12.3. The summed E-state index contributed by atoms with van der Waals surface area (Å²) < 4.78 is 40.6. The minimum Gasteiger partial charge on any atom is -0.289 e. The maximum atomic E-state index is 13.9. The van der Waals surface area contributed by atoms with Crippen molar-refractivity contribution in [2.24, 2.45) is 0 Å². The second-order valence-corrected chi connectivity index (χ2v) is 5.02. The van der Waals surface area contributed by atoms with E-state index in [0.29, 0.717) is 10.5 Å². The lowest BCUT2D eigenvalue weighted by Crippen LogP contribution is -1.97. The van der Waals surface area contributed by atoms with E-state index in [2.05, 4.69) is 0 Å². The van der Waals surface area contributed by atoms with Crippen LogP contribution in [-0.2, 0) is 0 Å². The van der Waals surface area contributed by atoms with Gasteiger partial charge in [-0.2, -0.15) is 0 Å². The van der Waals surface area contributed by atoms with Crippen LogP contribution >= 0.6 is 11.8 Å². The molecule has 0 saturated heterocycles. The largest absolute Gasteiger partial charge is 0.289 e. The Labute approximate surface area is 111 Å². The van der Waals surface area contributed by atoms with E-state index in [0.717, 1.165) is 18.2 Å². The quantitative estimate of drug-likeness (QED) is 0.626. The van der Waals surface area contributed by atoms with Crippen LogP contribution in [0.2, 0.25) is 0 Å². The van der Waals surface area contributed by atoms with Gasteiger partial charge in [-0.3, -0.25) is 4.79 Å². The van der Waals surface area contributed by atoms with Gasteiger partial charge in [-0.15, -0.1) is 11.8 Å². The van der Waals surface area contributed by atoms with Gasteiger partial charge in [0.2, 0.25) is 0 Å². The number of carbonyl (C=O) groups excluding carboxylic acids is 1. The first-order chi connectivity index (χ1) is 9.02. The van der Waals surface area contributed by atoms with Gasteiger partial charge in [-0.25, -0.2) is 13.2 Å². The van der Waals surface area contributed by atoms with Crippen LogP contribution in [0.15, 0.2) is 29.2 Å². The van der Waals surface area contributed by atoms with Gasteiger partial charge in [0.1, 0.15) is 17.5 Å². The van der Waals surface area contributed by atoms with E-state index >= 15 is 0 Å². The number of halogens is 3. The van der Waals surface area contributed by atoms with E-state index in [4.69, 9.17) is 0 Å². The van der Waals surface area contributed by atoms with Crippen molar-refractivity contribution in [3.63, 3.8) is 0 Å². The van der Waals surface area contributed by atoms with Gasteiger partial charge in [0.05, 0.1) is 0 Å². The summed E-state index contributed by atoms with van der Waals surface area (Å²) >= 11 is 1.21. The molecule has 3 rings (SSSR count). The maximum absolute atomic E-state index is 13.9. The molecule has 19 heavy (non-hydrogen) atoms. The summed E-state index contributed by atoms with van der Waals surface area (Å²) in [5.41, 5.74) is 0.453. The predicted molar refractivity (Wildman–Crippen MR) is 67.0 cm³/mol. The van der Waals surface area contributed by atoms with Crippen molar-refractivity contribution in [1.29, 1.82) is 0 Å². The molecule has 2 aromatic carbocycles. The average molecular weight is 280 g/mol. The summed E-state index contributed by atoms with van der Waals surface area (Å²) in [7, 11) is 0. The maximum Gasteiger partial charge on any atom is 0.194 e. The van der Waals surface area contributed by atoms with Gasteiger partial charge in [0.25, 0.3) is 0 Å². The molecular formula is C14H7F3OS. The minimum atomic E-state index is -0.816. The average Bonchev–Trinajstić information content (AvgIpc) is 2.63. The van der Waals surface area contributed by atoms with Crippen LogP contribution in [-0.4, -0.2) is 12.0 Å². The molecule has 0 aliphatic heterocycles. The highest BCUT2D eigenvalue weighted by atomic mass is 32.2. The lowest BCUT2D eigenvalue weighted by Gasteiger charge is -2.07. The van der Waals surface area contributed by atoms with Crippen LogP contribution in [0.5, 0.6) is 0 Å². The number of fused-ring (bicyclic) bond motifs is 3. The van der Waals surface area contributed by atoms with Crippen molar-refractivity contribution in [2.75, 3.05) is 6.26 Å². The van der Waals surface area contributed by atoms with Gasteiger partial charge < -0.3 is 0 Å². The monoisotopic (exact) mass is 280 g/mol. The van der Waals surface area contributed by atoms with Gasteiger partial charge in [0, 0.05) is 33.2 Å². The van der Waals surface area contributed by atoms with E-state index < -0.39 is 23.2 Å². The molecule has 5 heteroatoms. The Kier molecular flexibility index (Phi) is 2.67. The Balaban J connectivity index is 2.43. The number of rotatable bonds is 1. The van der Waals surface area contributed by atoms with Crippen molar-refractivity contribution in [3.8, 4) is 11.1 Å². The van der Waals surface area contributed by atoms with Crippen molar-refractivity contribution in [2.45, 2.75) is 4.90 Å². The number of ketones is 1. The Hall–Kier alpha value is -1.75. The molecule has 0 aromatic heterocycles. The Bertz CT molecular complexity index is 725. The van der Waals surface area contributed by atoms with E-state index in [1.807, 2.05) is 0 Å². The highest BCUT2D eigenvalue weighted by Gasteiger charge is 2.32. The van der Waals surface area contributed by atoms with Crippen LogP contribution in [0.1, 0.15) is 15.9 Å². The van der Waals surface area contributed by atoms with Crippen molar-refractivity contribution in [3.05, 3.63) is 52.8 Å². The van der Waals surface area contributed by atoms with E-state index in [1.165, 1.54) is 17.8 Å². The summed E-state index contributed by atoms with van der Waals surface area (Å²) in [6.07, 6.45) is 1.71. The molecule has 0 atom stereocenters. The fraction of sp³-hybridized carbons (Fsp3) is 0.0714. The molecule has 0 spiro atoms. The van der Waals surface area contributed by atoms with Crippen LogP contribution in [0, 0.1) is 17.5 Å². The molecule has 0 saturated carbocycles. The normalized spacial score (nSPS) is 12.5. The topological polar surface area (TPSA) is 17.1 Å². The molecule has 96 valence electrons. The van der Waals surface area contributed by atoms with E-state index in [-0.39, 0.29) is 16.7 Å². The summed E-state index contributed by atoms with van der Waals surface area (Å²) in [5.74, 6) is -2.73. The zero-order chi connectivity index (χ0) is 13.7. The molecule has 1 aliphatic rings. The van der Waals surface area contributed by atoms with Crippen LogP contribution in [0.25, 0.3) is 11.1 Å². The molecule has 0 unspecified atom stereocenters. The first-order valence-electron chi connectivity index (χ1n) is 5.44. The fourth-order valence-corrected chi connectivity index (χ4v) is 2.98. The smallest absolute Gasteiger partial charge is 0.194 e. The van der Waals surface area contributed by atoms with Crippen molar-refractivity contribution < 1.29 is 18.0 Å². The lowest BCUT2D eigenvalue weighted by atomic mass is 10.0. The van der Waals surface area contributed by atoms with E-state index in [9.17, 15) is 18.0 Å². The number of hydrogen-bond acceptors (Lipinski definition) is 2. The molecule has 0 fully saturated rings. The zero-order valence-electron chi connectivity index (χ0n) is 9.76. The summed E-state index contributed by atoms with van der Waals surface area (Å²) in [4.78, 5) is 12.6. The molecule has 1 nitrogen and oxygen atoms in total. The molecule has 1 aliphatic carbocycles. The third-order valence-corrected chi connectivity index (χ3v) is 3.84. The van der Waals surface area contributed by atoms with Gasteiger partial charge in [0.15, 0.2) is 5.78 Å². The predicted octanol–water partition coefficient (Wildman–Crippen LogP) is 4.04. The SMILES string of the molecule is CSc1cc(F)cc2c1-c1c(F)cc(F)cc1C2=O. The van der Waals surface area contributed by atoms with Crippen LogP contribution in [0.4, 0.5) is 13.2 Å². The standard InChI is InChI=1S/C14H7F3OS/c1-19-11-5-7(16)3-9-13(11)12-8(14(9)18)2-6(15)4-10(12)17/h2-5H,1H3. The van der Waals surface area contributed by atoms with E-state index in [1.54, 1.807) is 6.26 Å². The third-order valence-electron chi connectivity index (χ3n) is 3.08.